The molecule has 4 heteroatoms. The molecule has 0 radical (unpaired) electrons. The molecule has 2 fully saturated rings. The van der Waals surface area contributed by atoms with Crippen LogP contribution in [0.3, 0.4) is 0 Å². The minimum Gasteiger partial charge on any atom is -0.445 e. The molecule has 1 aromatic carbocycles. The smallest absolute Gasteiger partial charge is 0.407 e. The van der Waals surface area contributed by atoms with Crippen LogP contribution in [0.2, 0.25) is 0 Å². The van der Waals surface area contributed by atoms with Crippen LogP contribution < -0.4 is 5.32 Å². The number of carbonyl (C=O) groups excluding carboxylic acids is 1. The van der Waals surface area contributed by atoms with Crippen LogP contribution in [-0.2, 0) is 11.3 Å². The van der Waals surface area contributed by atoms with Crippen LogP contribution in [0.25, 0.3) is 0 Å². The van der Waals surface area contributed by atoms with Crippen molar-refractivity contribution in [2.75, 3.05) is 19.6 Å². The molecular weight excluding hydrogens is 300 g/mol. The lowest BCUT2D eigenvalue weighted by Gasteiger charge is -2.38. The van der Waals surface area contributed by atoms with Gasteiger partial charge in [0.15, 0.2) is 0 Å². The molecule has 3 rings (SSSR count). The summed E-state index contributed by atoms with van der Waals surface area (Å²) in [6, 6.07) is 10.1. The van der Waals surface area contributed by atoms with Gasteiger partial charge in [-0.1, -0.05) is 50.1 Å². The topological polar surface area (TPSA) is 41.6 Å². The number of hydrogen-bond donors (Lipinski definition) is 1. The highest BCUT2D eigenvalue weighted by molar-refractivity contribution is 5.67. The van der Waals surface area contributed by atoms with Gasteiger partial charge < -0.3 is 15.0 Å². The van der Waals surface area contributed by atoms with Gasteiger partial charge in [-0.3, -0.25) is 0 Å². The molecule has 1 N–H and O–H groups in total. The van der Waals surface area contributed by atoms with Crippen molar-refractivity contribution in [3.05, 3.63) is 35.9 Å². The zero-order chi connectivity index (χ0) is 16.8. The van der Waals surface area contributed by atoms with E-state index in [0.717, 1.165) is 36.9 Å². The Balaban J connectivity index is 1.47. The van der Waals surface area contributed by atoms with Crippen LogP contribution in [0.4, 0.5) is 4.79 Å². The molecule has 4 nitrogen and oxygen atoms in total. The van der Waals surface area contributed by atoms with Crippen LogP contribution in [0, 0.1) is 11.8 Å². The fraction of sp³-hybridized carbons (Fsp3) is 0.650. The van der Waals surface area contributed by atoms with Gasteiger partial charge in [0.1, 0.15) is 6.61 Å². The summed E-state index contributed by atoms with van der Waals surface area (Å²) >= 11 is 0. The first-order chi connectivity index (χ1) is 11.7. The van der Waals surface area contributed by atoms with Crippen molar-refractivity contribution in [3.63, 3.8) is 0 Å². The van der Waals surface area contributed by atoms with Gasteiger partial charge in [0.2, 0.25) is 0 Å². The number of ether oxygens (including phenoxy) is 1. The minimum absolute atomic E-state index is 0.220. The molecule has 132 valence electrons. The lowest BCUT2D eigenvalue weighted by Crippen LogP contribution is -2.51. The molecule has 2 aliphatic rings. The second-order valence-corrected chi connectivity index (χ2v) is 7.44. The predicted molar refractivity (Wildman–Crippen MR) is 95.7 cm³/mol. The average Bonchev–Trinajstić information content (AvgIpc) is 3.38. The van der Waals surface area contributed by atoms with Crippen molar-refractivity contribution in [2.45, 2.75) is 51.7 Å². The molecule has 0 spiro atoms. The zero-order valence-corrected chi connectivity index (χ0v) is 14.7. The van der Waals surface area contributed by atoms with Crippen molar-refractivity contribution in [1.29, 1.82) is 0 Å². The number of likely N-dealkylation sites (tertiary alicyclic amines) is 1. The molecule has 1 amide bonds. The molecule has 24 heavy (non-hydrogen) atoms. The number of alkyl carbamates (subject to hydrolysis) is 1. The zero-order valence-electron chi connectivity index (χ0n) is 14.7. The average molecular weight is 330 g/mol. The van der Waals surface area contributed by atoms with E-state index >= 15 is 0 Å². The Bertz CT molecular complexity index is 516. The summed E-state index contributed by atoms with van der Waals surface area (Å²) in [4.78, 5) is 14.7. The van der Waals surface area contributed by atoms with Gasteiger partial charge in [-0.25, -0.2) is 4.79 Å². The highest BCUT2D eigenvalue weighted by atomic mass is 16.5. The quantitative estimate of drug-likeness (QED) is 0.826. The van der Waals surface area contributed by atoms with E-state index in [1.807, 2.05) is 30.3 Å². The largest absolute Gasteiger partial charge is 0.445 e. The second-order valence-electron chi connectivity index (χ2n) is 7.44. The van der Waals surface area contributed by atoms with E-state index in [2.05, 4.69) is 17.1 Å². The lowest BCUT2D eigenvalue weighted by molar-refractivity contribution is 0.107. The second kappa shape index (κ2) is 8.52. The number of benzene rings is 1. The van der Waals surface area contributed by atoms with Crippen molar-refractivity contribution in [3.8, 4) is 0 Å². The molecule has 0 bridgehead atoms. The van der Waals surface area contributed by atoms with E-state index < -0.39 is 0 Å². The van der Waals surface area contributed by atoms with Gasteiger partial charge in [-0.05, 0) is 43.2 Å². The normalized spacial score (nSPS) is 24.5. The van der Waals surface area contributed by atoms with E-state index in [1.54, 1.807) is 0 Å². The number of carbonyl (C=O) groups is 1. The molecule has 1 aliphatic heterocycles. The van der Waals surface area contributed by atoms with Crippen molar-refractivity contribution in [2.24, 2.45) is 11.8 Å². The number of nitrogens with one attached hydrogen (secondary N) is 1. The molecule has 1 saturated heterocycles. The Morgan fingerprint density at radius 2 is 2.00 bits per heavy atom. The SMILES string of the molecule is CCCN1CC(CC2CC2)CC(NC(=O)OCc2ccccc2)C1. The minimum atomic E-state index is -0.285. The summed E-state index contributed by atoms with van der Waals surface area (Å²) in [5, 5.41) is 3.10. The molecular formula is C20H30N2O2. The fourth-order valence-electron chi connectivity index (χ4n) is 3.83. The number of piperidine rings is 1. The Kier molecular flexibility index (Phi) is 6.13. The van der Waals surface area contributed by atoms with E-state index in [0.29, 0.717) is 6.61 Å². The van der Waals surface area contributed by atoms with Crippen LogP contribution in [0.15, 0.2) is 30.3 Å². The Hall–Kier alpha value is -1.55. The van der Waals surface area contributed by atoms with Gasteiger partial charge in [-0.2, -0.15) is 0 Å². The number of nitrogens with zero attached hydrogens (tertiary/aromatic N) is 1. The third-order valence-electron chi connectivity index (χ3n) is 5.05. The Morgan fingerprint density at radius 3 is 2.71 bits per heavy atom. The van der Waals surface area contributed by atoms with Crippen molar-refractivity contribution >= 4 is 6.09 Å². The Morgan fingerprint density at radius 1 is 1.21 bits per heavy atom. The summed E-state index contributed by atoms with van der Waals surface area (Å²) in [6.07, 6.45) is 6.12. The molecule has 0 aromatic heterocycles. The van der Waals surface area contributed by atoms with Crippen molar-refractivity contribution < 1.29 is 9.53 Å². The maximum atomic E-state index is 12.1. The van der Waals surface area contributed by atoms with Crippen LogP contribution in [0.5, 0.6) is 0 Å². The first kappa shape index (κ1) is 17.3. The van der Waals surface area contributed by atoms with E-state index in [-0.39, 0.29) is 12.1 Å². The fourth-order valence-corrected chi connectivity index (χ4v) is 3.83. The van der Waals surface area contributed by atoms with Crippen molar-refractivity contribution in [1.82, 2.24) is 10.2 Å². The third-order valence-corrected chi connectivity index (χ3v) is 5.05. The first-order valence-corrected chi connectivity index (χ1v) is 9.42. The van der Waals surface area contributed by atoms with Crippen LogP contribution in [0.1, 0.15) is 44.6 Å². The predicted octanol–water partition coefficient (Wildman–Crippen LogP) is 3.81. The highest BCUT2D eigenvalue weighted by Crippen LogP contribution is 2.37. The first-order valence-electron chi connectivity index (χ1n) is 9.42. The number of hydrogen-bond acceptors (Lipinski definition) is 3. The standard InChI is InChI=1S/C20H30N2O2/c1-2-10-22-13-18(11-16-8-9-16)12-19(14-22)21-20(23)24-15-17-6-4-3-5-7-17/h3-7,16,18-19H,2,8-15H2,1H3,(H,21,23). The third kappa shape index (κ3) is 5.52. The van der Waals surface area contributed by atoms with Crippen LogP contribution >= 0.6 is 0 Å². The van der Waals surface area contributed by atoms with Gasteiger partial charge in [-0.15, -0.1) is 0 Å². The molecule has 1 aliphatic carbocycles. The summed E-state index contributed by atoms with van der Waals surface area (Å²) in [5.74, 6) is 1.67. The van der Waals surface area contributed by atoms with E-state index in [1.165, 1.54) is 32.2 Å². The molecule has 2 unspecified atom stereocenters. The molecule has 1 heterocycles. The molecule has 2 atom stereocenters. The Labute approximate surface area is 145 Å². The van der Waals surface area contributed by atoms with E-state index in [9.17, 15) is 4.79 Å². The maximum absolute atomic E-state index is 12.1. The molecule has 1 aromatic rings. The number of rotatable bonds is 7. The van der Waals surface area contributed by atoms with Gasteiger partial charge in [0.25, 0.3) is 0 Å². The summed E-state index contributed by atoms with van der Waals surface area (Å²) in [5.41, 5.74) is 1.02. The monoisotopic (exact) mass is 330 g/mol. The number of amides is 1. The lowest BCUT2D eigenvalue weighted by atomic mass is 9.89. The summed E-state index contributed by atoms with van der Waals surface area (Å²) < 4.78 is 5.39. The van der Waals surface area contributed by atoms with E-state index in [4.69, 9.17) is 4.74 Å². The van der Waals surface area contributed by atoms with Gasteiger partial charge >= 0.3 is 6.09 Å². The summed E-state index contributed by atoms with van der Waals surface area (Å²) in [7, 11) is 0. The molecule has 1 saturated carbocycles. The maximum Gasteiger partial charge on any atom is 0.407 e. The van der Waals surface area contributed by atoms with Gasteiger partial charge in [0, 0.05) is 19.1 Å². The van der Waals surface area contributed by atoms with Gasteiger partial charge in [0.05, 0.1) is 0 Å². The highest BCUT2D eigenvalue weighted by Gasteiger charge is 2.32. The summed E-state index contributed by atoms with van der Waals surface area (Å²) in [6.45, 7) is 5.83. The van der Waals surface area contributed by atoms with Crippen LogP contribution in [-0.4, -0.2) is 36.7 Å².